The van der Waals surface area contributed by atoms with Crippen LogP contribution in [0.1, 0.15) is 119 Å². The molecule has 574 valence electrons. The number of ether oxygens (including phenoxy) is 2. The summed E-state index contributed by atoms with van der Waals surface area (Å²) in [4.78, 5) is 161. The molecule has 0 spiro atoms. The second kappa shape index (κ2) is 36.8. The molecule has 0 unspecified atom stereocenters. The van der Waals surface area contributed by atoms with Crippen LogP contribution in [0.5, 0.6) is 5.75 Å². The van der Waals surface area contributed by atoms with Crippen LogP contribution in [0.15, 0.2) is 146 Å². The monoisotopic (exact) mass is 1480 g/mol. The number of benzene rings is 6. The zero-order chi connectivity index (χ0) is 77.3. The average molecular weight is 1480 g/mol. The van der Waals surface area contributed by atoms with Crippen LogP contribution in [0.4, 0.5) is 0 Å². The summed E-state index contributed by atoms with van der Waals surface area (Å²) in [6.45, 7) is 8.35. The molecule has 6 aromatic rings. The number of carbonyl (C=O) groups excluding carboxylic acids is 9. The summed E-state index contributed by atoms with van der Waals surface area (Å²) in [5.41, 5.74) is 1.33. The molecule has 9 amide bonds. The second-order valence-corrected chi connectivity index (χ2v) is 30.0. The van der Waals surface area contributed by atoms with E-state index in [1.165, 1.54) is 34.1 Å². The van der Waals surface area contributed by atoms with E-state index in [1.54, 1.807) is 91.2 Å². The highest BCUT2D eigenvalue weighted by atomic mass is 16.5. The molecule has 12 atom stereocenters. The van der Waals surface area contributed by atoms with Gasteiger partial charge in [-0.2, -0.15) is 0 Å². The van der Waals surface area contributed by atoms with Crippen molar-refractivity contribution in [2.24, 2.45) is 11.3 Å². The first-order valence-corrected chi connectivity index (χ1v) is 37.3. The number of carboxylic acid groups (broad SMARTS) is 2. The summed E-state index contributed by atoms with van der Waals surface area (Å²) in [6.07, 6.45) is 6.91. The Kier molecular flexibility index (Phi) is 27.3. The topological polar surface area (TPSA) is 361 Å². The van der Waals surface area contributed by atoms with Crippen molar-refractivity contribution in [3.05, 3.63) is 173 Å². The summed E-state index contributed by atoms with van der Waals surface area (Å²) in [7, 11) is 3.23. The Morgan fingerprint density at radius 1 is 0.546 bits per heavy atom. The number of carboxylic acids is 2. The third kappa shape index (κ3) is 21.2. The molecule has 0 radical (unpaired) electrons. The Bertz CT molecular complexity index is 4270. The highest BCUT2D eigenvalue weighted by Crippen LogP contribution is 2.32. The number of amides is 9. The van der Waals surface area contributed by atoms with Gasteiger partial charge in [0.05, 0.1) is 24.8 Å². The summed E-state index contributed by atoms with van der Waals surface area (Å²) < 4.78 is 12.4. The highest BCUT2D eigenvalue weighted by Gasteiger charge is 2.48. The van der Waals surface area contributed by atoms with Gasteiger partial charge >= 0.3 is 11.9 Å². The van der Waals surface area contributed by atoms with Crippen molar-refractivity contribution in [1.82, 2.24) is 57.7 Å². The summed E-state index contributed by atoms with van der Waals surface area (Å²) >= 11 is 0. The molecule has 3 fully saturated rings. The van der Waals surface area contributed by atoms with E-state index in [2.05, 4.69) is 47.9 Å². The van der Waals surface area contributed by atoms with Crippen molar-refractivity contribution in [1.29, 1.82) is 0 Å². The lowest BCUT2D eigenvalue weighted by molar-refractivity contribution is -0.145. The number of likely N-dealkylation sites (N-methyl/N-ethyl adjacent to an activating group) is 2. The largest absolute Gasteiger partial charge is 0.490 e. The molecule has 1 aliphatic carbocycles. The first-order valence-electron chi connectivity index (χ1n) is 37.3. The van der Waals surface area contributed by atoms with Crippen molar-refractivity contribution in [3.63, 3.8) is 0 Å². The Morgan fingerprint density at radius 2 is 1.04 bits per heavy atom. The fourth-order valence-corrected chi connectivity index (χ4v) is 14.5. The Hall–Kier alpha value is -10.6. The second-order valence-electron chi connectivity index (χ2n) is 30.0. The normalized spacial score (nSPS) is 23.3. The Labute approximate surface area is 629 Å². The highest BCUT2D eigenvalue weighted by molar-refractivity contribution is 5.99. The van der Waals surface area contributed by atoms with Gasteiger partial charge in [0.1, 0.15) is 60.7 Å². The minimum absolute atomic E-state index is 0.00875. The molecular weight excluding hydrogens is 1380 g/mol. The van der Waals surface area contributed by atoms with Gasteiger partial charge in [-0.15, -0.1) is 0 Å². The van der Waals surface area contributed by atoms with Crippen LogP contribution in [0.3, 0.4) is 0 Å². The number of rotatable bonds is 16. The third-order valence-corrected chi connectivity index (χ3v) is 21.0. The first-order chi connectivity index (χ1) is 51.7. The van der Waals surface area contributed by atoms with Crippen LogP contribution in [0.2, 0.25) is 0 Å². The number of aliphatic carboxylic acids is 2. The fraction of sp³-hybridized carbons (Fsp3) is 0.451. The van der Waals surface area contributed by atoms with Gasteiger partial charge in [-0.05, 0) is 126 Å². The number of carbonyl (C=O) groups is 11. The van der Waals surface area contributed by atoms with Crippen molar-refractivity contribution in [2.45, 2.75) is 184 Å². The molecule has 0 aromatic heterocycles. The van der Waals surface area contributed by atoms with E-state index in [-0.39, 0.29) is 76.3 Å². The smallest absolute Gasteiger partial charge is 0.326 e. The van der Waals surface area contributed by atoms with Crippen LogP contribution in [-0.4, -0.2) is 198 Å². The molecule has 108 heavy (non-hydrogen) atoms. The van der Waals surface area contributed by atoms with E-state index in [0.29, 0.717) is 34.4 Å². The molecule has 26 heteroatoms. The molecule has 11 N–H and O–H groups in total. The molecule has 8 bridgehead atoms. The molecule has 1 saturated carbocycles. The van der Waals surface area contributed by atoms with Gasteiger partial charge in [-0.3, -0.25) is 43.2 Å². The molecule has 6 aliphatic heterocycles. The zero-order valence-corrected chi connectivity index (χ0v) is 62.3. The van der Waals surface area contributed by atoms with E-state index >= 15 is 19.2 Å². The van der Waals surface area contributed by atoms with Crippen LogP contribution in [0.25, 0.3) is 21.5 Å². The average Bonchev–Trinajstić information content (AvgIpc) is 1.62. The molecule has 26 nitrogen and oxygen atoms in total. The van der Waals surface area contributed by atoms with Crippen molar-refractivity contribution in [3.8, 4) is 5.75 Å². The van der Waals surface area contributed by atoms with E-state index in [4.69, 9.17) is 9.47 Å². The van der Waals surface area contributed by atoms with Crippen molar-refractivity contribution >= 4 is 86.6 Å². The zero-order valence-electron chi connectivity index (χ0n) is 62.3. The maximum absolute atomic E-state index is 15.2. The van der Waals surface area contributed by atoms with Crippen LogP contribution < -0.4 is 52.6 Å². The first kappa shape index (κ1) is 80.0. The molecular formula is C82H101N11O15. The number of likely N-dealkylation sites (tertiary alicyclic amines) is 2. The van der Waals surface area contributed by atoms with E-state index < -0.39 is 143 Å². The van der Waals surface area contributed by atoms with E-state index in [9.17, 15) is 43.8 Å². The van der Waals surface area contributed by atoms with Gasteiger partial charge in [0.25, 0.3) is 5.91 Å². The predicted molar refractivity (Wildman–Crippen MR) is 406 cm³/mol. The summed E-state index contributed by atoms with van der Waals surface area (Å²) in [5, 5.41) is 50.8. The molecule has 6 aromatic carbocycles. The lowest BCUT2D eigenvalue weighted by Crippen LogP contribution is -2.61. The van der Waals surface area contributed by atoms with Crippen molar-refractivity contribution < 1.29 is 72.4 Å². The number of hydrogen-bond donors (Lipinski definition) is 11. The summed E-state index contributed by atoms with van der Waals surface area (Å²) in [5.74, 6) is -8.09. The standard InChI is InChI=1S/C82H101N11O15/c1-48(83-6)71(94)88-65(39-50-17-9-8-10-18-50)78(101)93-47-62-45-69(93)77(100)87-64(43-54-26-30-56-20-12-14-22-59(56)38-54)75(98)89-66(80(103)104)40-51-23-31-57(32-24-51)73(96)85-60-44-68(92(46-60)79(102)70(82(3,4)5)91-72(95)49(2)84-7)76(99)86-63(42-53-25-29-55-19-11-13-21-58(55)37-53)74(97)90-67(81(105)106)41-52-27-33-61(34-28-52)107-35-15-16-36-108-62/h11-16,19-34,37-38,48-50,60,62-70,83-84H,8-10,17-18,35-36,39-47H2,1-7H3,(H,85,96)(H,86,99)(H,87,100)(H,88,94)(H,89,98)(H,90,97)(H,91,95)(H,103,104)(H,105,106)/b16-15+/t48-,49-,60-,62-,63-,64-,65-,66-,67-,68-,69-,70+/m0/s1. The van der Waals surface area contributed by atoms with Gasteiger partial charge in [0.2, 0.25) is 47.3 Å². The van der Waals surface area contributed by atoms with Crippen LogP contribution in [-0.2, 0) is 78.4 Å². The minimum atomic E-state index is -1.58. The Morgan fingerprint density at radius 3 is 1.56 bits per heavy atom. The van der Waals surface area contributed by atoms with Crippen LogP contribution >= 0.6 is 0 Å². The Balaban J connectivity index is 0.974. The van der Waals surface area contributed by atoms with Gasteiger partial charge in [0.15, 0.2) is 0 Å². The SMILES string of the molecule is CN[C@@H](C)C(=O)N[C@@H](CC1CCCCC1)C(=O)N1C[C@@H]2C[C@H]1C(=O)N[C@@H](Cc1ccc3ccccc3c1)C(=O)N[C@H](C(=O)O)Cc1ccc(cc1)C(=O)N[C@H]1C[C@@H](C(=O)N[C@@H](Cc3ccc4ccccc4c3)C(=O)N[C@H](C(=O)O)Cc3ccc(cc3)OC/C=C/CO2)N(C(=O)[C@@H](NC(=O)[C@H](C)NC)C(C)(C)C)C1. The fourth-order valence-electron chi connectivity index (χ4n) is 14.5. The quantitative estimate of drug-likeness (QED) is 0.0554. The lowest BCUT2D eigenvalue weighted by Gasteiger charge is -2.36. The van der Waals surface area contributed by atoms with Gasteiger partial charge in [-0.25, -0.2) is 9.59 Å². The van der Waals surface area contributed by atoms with E-state index in [1.807, 2.05) is 78.9 Å². The lowest BCUT2D eigenvalue weighted by atomic mass is 9.84. The number of nitrogens with one attached hydrogen (secondary N) is 9. The molecule has 13 rings (SSSR count). The van der Waals surface area contributed by atoms with Crippen LogP contribution in [0, 0.1) is 11.3 Å². The molecule has 2 saturated heterocycles. The predicted octanol–water partition coefficient (Wildman–Crippen LogP) is 5.21. The maximum atomic E-state index is 15.2. The molecule has 6 heterocycles. The van der Waals surface area contributed by atoms with Gasteiger partial charge in [0, 0.05) is 56.8 Å². The summed E-state index contributed by atoms with van der Waals surface area (Å²) in [6, 6.07) is 25.8. The number of hydrogen-bond acceptors (Lipinski definition) is 15. The number of fused-ring (bicyclic) bond motifs is 2. The van der Waals surface area contributed by atoms with E-state index in [0.717, 1.165) is 53.6 Å². The minimum Gasteiger partial charge on any atom is -0.490 e. The third-order valence-electron chi connectivity index (χ3n) is 21.0. The van der Waals surface area contributed by atoms with Crippen molar-refractivity contribution in [2.75, 3.05) is 40.4 Å². The van der Waals surface area contributed by atoms with Gasteiger partial charge in [-0.1, -0.05) is 168 Å². The number of nitrogens with zero attached hydrogens (tertiary/aromatic N) is 2. The molecule has 7 aliphatic rings. The van der Waals surface area contributed by atoms with Gasteiger partial charge < -0.3 is 77.3 Å². The maximum Gasteiger partial charge on any atom is 0.326 e.